The lowest BCUT2D eigenvalue weighted by Crippen LogP contribution is -2.03. The standard InChI is InChI=1S/C18H15ClN4O2S/c1-12-2-6-14(7-3-12)24-10-16-20-21-18-23(16)22-17(26-18)11-25-15-8-4-13(19)5-9-15/h2-9H,10-11H2,1H3. The largest absolute Gasteiger partial charge is 0.486 e. The molecular formula is C18H15ClN4O2S. The van der Waals surface area contributed by atoms with Crippen molar-refractivity contribution in [3.63, 3.8) is 0 Å². The number of fused-ring (bicyclic) bond motifs is 1. The van der Waals surface area contributed by atoms with Gasteiger partial charge in [0.05, 0.1) is 0 Å². The maximum absolute atomic E-state index is 5.87. The number of rotatable bonds is 6. The molecule has 0 saturated carbocycles. The van der Waals surface area contributed by atoms with Gasteiger partial charge in [0, 0.05) is 5.02 Å². The molecule has 0 aliphatic carbocycles. The molecule has 2 aromatic heterocycles. The van der Waals surface area contributed by atoms with E-state index >= 15 is 0 Å². The average molecular weight is 387 g/mol. The van der Waals surface area contributed by atoms with Crippen molar-refractivity contribution in [3.05, 3.63) is 69.9 Å². The van der Waals surface area contributed by atoms with Crippen LogP contribution in [0.4, 0.5) is 0 Å². The Labute approximate surface area is 159 Å². The maximum Gasteiger partial charge on any atom is 0.234 e. The number of nitrogens with zero attached hydrogens (tertiary/aromatic N) is 4. The normalized spacial score (nSPS) is 11.0. The van der Waals surface area contributed by atoms with E-state index in [0.29, 0.717) is 29.0 Å². The summed E-state index contributed by atoms with van der Waals surface area (Å²) in [6.45, 7) is 2.69. The Morgan fingerprint density at radius 2 is 1.58 bits per heavy atom. The molecule has 4 aromatic rings. The molecule has 26 heavy (non-hydrogen) atoms. The highest BCUT2D eigenvalue weighted by atomic mass is 35.5. The van der Waals surface area contributed by atoms with Gasteiger partial charge in [-0.15, -0.1) is 10.2 Å². The van der Waals surface area contributed by atoms with E-state index in [1.165, 1.54) is 16.9 Å². The summed E-state index contributed by atoms with van der Waals surface area (Å²) in [5.74, 6) is 2.17. The molecule has 0 fully saturated rings. The summed E-state index contributed by atoms with van der Waals surface area (Å²) < 4.78 is 13.2. The first-order valence-corrected chi connectivity index (χ1v) is 9.15. The van der Waals surface area contributed by atoms with Gasteiger partial charge in [-0.1, -0.05) is 40.6 Å². The first kappa shape index (κ1) is 16.8. The summed E-state index contributed by atoms with van der Waals surface area (Å²) in [7, 11) is 0. The van der Waals surface area contributed by atoms with Gasteiger partial charge in [-0.2, -0.15) is 9.61 Å². The molecule has 8 heteroatoms. The van der Waals surface area contributed by atoms with Crippen LogP contribution in [0.15, 0.2) is 48.5 Å². The Balaban J connectivity index is 1.42. The van der Waals surface area contributed by atoms with E-state index < -0.39 is 0 Å². The Morgan fingerprint density at radius 3 is 2.31 bits per heavy atom. The second-order valence-electron chi connectivity index (χ2n) is 5.65. The van der Waals surface area contributed by atoms with Crippen LogP contribution in [0.2, 0.25) is 5.02 Å². The summed E-state index contributed by atoms with van der Waals surface area (Å²) in [5, 5.41) is 14.3. The minimum atomic E-state index is 0.297. The molecule has 2 heterocycles. The number of aryl methyl sites for hydroxylation is 1. The van der Waals surface area contributed by atoms with Crippen LogP contribution in [0.5, 0.6) is 11.5 Å². The highest BCUT2D eigenvalue weighted by Crippen LogP contribution is 2.20. The number of aromatic nitrogens is 4. The number of ether oxygens (including phenoxy) is 2. The van der Waals surface area contributed by atoms with Crippen LogP contribution < -0.4 is 9.47 Å². The van der Waals surface area contributed by atoms with Crippen molar-refractivity contribution in [2.45, 2.75) is 20.1 Å². The molecule has 0 radical (unpaired) electrons. The van der Waals surface area contributed by atoms with Gasteiger partial charge in [-0.25, -0.2) is 0 Å². The fraction of sp³-hybridized carbons (Fsp3) is 0.167. The van der Waals surface area contributed by atoms with Crippen LogP contribution in [-0.2, 0) is 13.2 Å². The highest BCUT2D eigenvalue weighted by Gasteiger charge is 2.12. The monoisotopic (exact) mass is 386 g/mol. The summed E-state index contributed by atoms with van der Waals surface area (Å²) in [4.78, 5) is 0.710. The van der Waals surface area contributed by atoms with Gasteiger partial charge < -0.3 is 9.47 Å². The van der Waals surface area contributed by atoms with E-state index in [2.05, 4.69) is 15.3 Å². The van der Waals surface area contributed by atoms with E-state index in [1.54, 1.807) is 16.6 Å². The van der Waals surface area contributed by atoms with Gasteiger partial charge in [0.1, 0.15) is 24.7 Å². The number of hydrogen-bond acceptors (Lipinski definition) is 6. The first-order chi connectivity index (χ1) is 12.7. The van der Waals surface area contributed by atoms with Gasteiger partial charge >= 0.3 is 0 Å². The van der Waals surface area contributed by atoms with Crippen molar-refractivity contribution >= 4 is 27.9 Å². The molecule has 0 atom stereocenters. The highest BCUT2D eigenvalue weighted by molar-refractivity contribution is 7.16. The van der Waals surface area contributed by atoms with Gasteiger partial charge in [0.25, 0.3) is 0 Å². The predicted octanol–water partition coefficient (Wildman–Crippen LogP) is 4.31. The molecule has 6 nitrogen and oxygen atoms in total. The number of benzene rings is 2. The topological polar surface area (TPSA) is 61.5 Å². The van der Waals surface area contributed by atoms with E-state index in [1.807, 2.05) is 43.3 Å². The minimum absolute atomic E-state index is 0.297. The zero-order chi connectivity index (χ0) is 17.9. The first-order valence-electron chi connectivity index (χ1n) is 7.95. The second kappa shape index (κ2) is 7.31. The second-order valence-corrected chi connectivity index (χ2v) is 7.13. The fourth-order valence-electron chi connectivity index (χ4n) is 2.30. The lowest BCUT2D eigenvalue weighted by atomic mass is 10.2. The van der Waals surface area contributed by atoms with Crippen molar-refractivity contribution in [2.24, 2.45) is 0 Å². The lowest BCUT2D eigenvalue weighted by molar-refractivity contribution is 0.290. The molecule has 0 aliphatic heterocycles. The molecule has 132 valence electrons. The molecule has 0 amide bonds. The van der Waals surface area contributed by atoms with Crippen LogP contribution in [-0.4, -0.2) is 19.8 Å². The van der Waals surface area contributed by atoms with E-state index in [0.717, 1.165) is 16.5 Å². The zero-order valence-electron chi connectivity index (χ0n) is 13.9. The summed E-state index contributed by atoms with van der Waals surface area (Å²) >= 11 is 7.31. The Kier molecular flexibility index (Phi) is 4.73. The van der Waals surface area contributed by atoms with Crippen LogP contribution in [0, 0.1) is 6.92 Å². The Bertz CT molecular complexity index is 1010. The van der Waals surface area contributed by atoms with Gasteiger partial charge in [-0.05, 0) is 43.3 Å². The minimum Gasteiger partial charge on any atom is -0.486 e. The van der Waals surface area contributed by atoms with Crippen molar-refractivity contribution in [1.29, 1.82) is 0 Å². The van der Waals surface area contributed by atoms with Crippen molar-refractivity contribution < 1.29 is 9.47 Å². The molecule has 0 unspecified atom stereocenters. The number of hydrogen-bond donors (Lipinski definition) is 0. The van der Waals surface area contributed by atoms with Crippen LogP contribution in [0.1, 0.15) is 16.4 Å². The van der Waals surface area contributed by atoms with E-state index in [9.17, 15) is 0 Å². The zero-order valence-corrected chi connectivity index (χ0v) is 15.5. The van der Waals surface area contributed by atoms with E-state index in [-0.39, 0.29) is 0 Å². The van der Waals surface area contributed by atoms with Crippen molar-refractivity contribution in [2.75, 3.05) is 0 Å². The predicted molar refractivity (Wildman–Crippen MR) is 100.0 cm³/mol. The Morgan fingerprint density at radius 1 is 0.923 bits per heavy atom. The molecule has 0 aliphatic rings. The lowest BCUT2D eigenvalue weighted by Gasteiger charge is -2.04. The third-order valence-corrected chi connectivity index (χ3v) is 4.79. The third kappa shape index (κ3) is 3.79. The van der Waals surface area contributed by atoms with Gasteiger partial charge in [0.2, 0.25) is 4.96 Å². The summed E-state index contributed by atoms with van der Waals surface area (Å²) in [5.41, 5.74) is 1.19. The molecule has 0 spiro atoms. The van der Waals surface area contributed by atoms with Crippen molar-refractivity contribution in [3.8, 4) is 11.5 Å². The fourth-order valence-corrected chi connectivity index (χ4v) is 3.20. The molecule has 0 bridgehead atoms. The van der Waals surface area contributed by atoms with Crippen LogP contribution in [0.25, 0.3) is 4.96 Å². The molecule has 2 aromatic carbocycles. The summed E-state index contributed by atoms with van der Waals surface area (Å²) in [6.07, 6.45) is 0. The summed E-state index contributed by atoms with van der Waals surface area (Å²) in [6, 6.07) is 15.1. The van der Waals surface area contributed by atoms with E-state index in [4.69, 9.17) is 21.1 Å². The van der Waals surface area contributed by atoms with Gasteiger partial charge in [-0.3, -0.25) is 0 Å². The molecule has 0 N–H and O–H groups in total. The van der Waals surface area contributed by atoms with Gasteiger partial charge in [0.15, 0.2) is 10.8 Å². The molecule has 4 rings (SSSR count). The maximum atomic E-state index is 5.87. The average Bonchev–Trinajstić information content (AvgIpc) is 3.21. The molecular weight excluding hydrogens is 372 g/mol. The van der Waals surface area contributed by atoms with Crippen LogP contribution in [0.3, 0.4) is 0 Å². The quantitative estimate of drug-likeness (QED) is 0.494. The SMILES string of the molecule is Cc1ccc(OCc2nnc3sc(COc4ccc(Cl)cc4)nn23)cc1. The van der Waals surface area contributed by atoms with Crippen molar-refractivity contribution in [1.82, 2.24) is 19.8 Å². The molecule has 0 saturated heterocycles. The number of halogens is 1. The van der Waals surface area contributed by atoms with Crippen LogP contribution >= 0.6 is 22.9 Å². The smallest absolute Gasteiger partial charge is 0.234 e. The Hall–Kier alpha value is -2.64. The third-order valence-electron chi connectivity index (χ3n) is 3.66.